The van der Waals surface area contributed by atoms with Crippen LogP contribution in [0.5, 0.6) is 0 Å². The molecule has 2 saturated heterocycles. The van der Waals surface area contributed by atoms with Crippen LogP contribution in [0.2, 0.25) is 0 Å². The van der Waals surface area contributed by atoms with Crippen molar-refractivity contribution in [2.45, 2.75) is 182 Å². The van der Waals surface area contributed by atoms with Gasteiger partial charge >= 0.3 is 24.0 Å². The van der Waals surface area contributed by atoms with Gasteiger partial charge in [0.2, 0.25) is 0 Å². The van der Waals surface area contributed by atoms with Crippen molar-refractivity contribution in [3.05, 3.63) is 351 Å². The highest BCUT2D eigenvalue weighted by atomic mass is 19.1. The molecular formula is C107H126FN13O12. The summed E-state index contributed by atoms with van der Waals surface area (Å²) >= 11 is 0. The van der Waals surface area contributed by atoms with Crippen LogP contribution in [0.1, 0.15) is 197 Å². The third-order valence-electron chi connectivity index (χ3n) is 24.0. The fraction of sp³-hybridized carbons (Fsp3) is 0.346. The van der Waals surface area contributed by atoms with E-state index >= 15 is 0 Å². The zero-order valence-corrected chi connectivity index (χ0v) is 77.3. The van der Waals surface area contributed by atoms with Gasteiger partial charge in [0.25, 0.3) is 11.5 Å². The van der Waals surface area contributed by atoms with Gasteiger partial charge in [-0.3, -0.25) is 44.3 Å². The summed E-state index contributed by atoms with van der Waals surface area (Å²) in [5.74, 6) is -0.0562. The molecule has 133 heavy (non-hydrogen) atoms. The fourth-order valence-electron chi connectivity index (χ4n) is 16.9. The predicted octanol–water partition coefficient (Wildman–Crippen LogP) is 18.4. The first-order valence-electron chi connectivity index (χ1n) is 46.1. The maximum atomic E-state index is 13.8. The molecule has 0 bridgehead atoms. The second-order valence-electron chi connectivity index (χ2n) is 33.9. The number of carbonyl (C=O) groups excluding carboxylic acids is 7. The Hall–Kier alpha value is -13.5. The average Bonchev–Trinajstić information content (AvgIpc) is 1.58. The van der Waals surface area contributed by atoms with Crippen LogP contribution in [0, 0.1) is 18.7 Å². The average molecular weight is 1810 g/mol. The van der Waals surface area contributed by atoms with E-state index in [4.69, 9.17) is 9.47 Å². The molecule has 3 aromatic heterocycles. The predicted molar refractivity (Wildman–Crippen MR) is 519 cm³/mol. The van der Waals surface area contributed by atoms with Gasteiger partial charge in [-0.2, -0.15) is 10.2 Å². The van der Waals surface area contributed by atoms with Crippen molar-refractivity contribution in [1.82, 2.24) is 54.3 Å². The van der Waals surface area contributed by atoms with Crippen LogP contribution in [0.4, 0.5) is 25.6 Å². The maximum absolute atomic E-state index is 13.8. The van der Waals surface area contributed by atoms with Crippen LogP contribution in [-0.4, -0.2) is 159 Å². The Morgan fingerprint density at radius 1 is 0.609 bits per heavy atom. The molecule has 0 aliphatic carbocycles. The number of carbonyl (C=O) groups is 7. The Balaban J connectivity index is 0.000000174. The lowest BCUT2D eigenvalue weighted by Gasteiger charge is -2.39. The van der Waals surface area contributed by atoms with Crippen molar-refractivity contribution in [1.29, 1.82) is 0 Å². The smallest absolute Gasteiger partial charge is 0.343 e. The normalized spacial score (nSPS) is 14.2. The number of aliphatic hydroxyl groups is 2. The third-order valence-corrected chi connectivity index (χ3v) is 24.0. The lowest BCUT2D eigenvalue weighted by atomic mass is 9.84. The monoisotopic (exact) mass is 1800 g/mol. The highest BCUT2D eigenvalue weighted by molar-refractivity contribution is 6.07. The molecule has 12 aromatic rings. The number of esters is 2. The molecule has 26 heteroatoms. The molecular weight excluding hydrogens is 1680 g/mol. The zero-order chi connectivity index (χ0) is 94.5. The summed E-state index contributed by atoms with van der Waals surface area (Å²) < 4.78 is 29.8. The van der Waals surface area contributed by atoms with Gasteiger partial charge in [0, 0.05) is 87.6 Å². The van der Waals surface area contributed by atoms with Gasteiger partial charge in [-0.25, -0.2) is 37.6 Å². The van der Waals surface area contributed by atoms with E-state index in [1.165, 1.54) is 32.9 Å². The number of ether oxygens (including phenoxy) is 2. The molecule has 5 amide bonds. The number of aromatic nitrogens is 6. The van der Waals surface area contributed by atoms with Crippen molar-refractivity contribution < 1.29 is 57.6 Å². The zero-order valence-electron chi connectivity index (χ0n) is 77.3. The second-order valence-corrected chi connectivity index (χ2v) is 33.9. The number of hydrogen-bond donors (Lipinski definition) is 6. The Kier molecular flexibility index (Phi) is 38.6. The number of para-hydroxylation sites is 1. The number of benzene rings is 9. The molecule has 2 aliphatic heterocycles. The number of unbranched alkanes of at least 4 members (excludes halogenated alkanes) is 2. The van der Waals surface area contributed by atoms with Crippen LogP contribution in [0.25, 0.3) is 16.5 Å². The van der Waals surface area contributed by atoms with Gasteiger partial charge in [-0.15, -0.1) is 6.58 Å². The van der Waals surface area contributed by atoms with Crippen molar-refractivity contribution >= 4 is 63.9 Å². The number of hydrogen-bond acceptors (Lipinski definition) is 16. The first-order valence-corrected chi connectivity index (χ1v) is 46.1. The topological polar surface area (TPSA) is 299 Å². The number of urea groups is 2. The highest BCUT2D eigenvalue weighted by Gasteiger charge is 2.33. The van der Waals surface area contributed by atoms with Crippen LogP contribution in [-0.2, 0) is 66.8 Å². The lowest BCUT2D eigenvalue weighted by molar-refractivity contribution is -0.118. The fourth-order valence-corrected chi connectivity index (χ4v) is 16.9. The highest BCUT2D eigenvalue weighted by Crippen LogP contribution is 2.32. The molecule has 14 rings (SSSR count). The van der Waals surface area contributed by atoms with Gasteiger partial charge < -0.3 is 35.2 Å². The third kappa shape index (κ3) is 29.7. The van der Waals surface area contributed by atoms with Crippen molar-refractivity contribution in [2.24, 2.45) is 13.0 Å². The van der Waals surface area contributed by atoms with E-state index in [-0.39, 0.29) is 84.0 Å². The number of aliphatic hydroxyl groups excluding tert-OH is 2. The molecule has 4 atom stereocenters. The Morgan fingerprint density at radius 3 is 1.74 bits per heavy atom. The number of nitrogens with zero attached hydrogens (tertiary/aromatic N) is 9. The summed E-state index contributed by atoms with van der Waals surface area (Å²) in [6.45, 7) is 20.3. The van der Waals surface area contributed by atoms with E-state index in [0.717, 1.165) is 148 Å². The number of fused-ring (bicyclic) bond motifs is 1. The number of aryl methyl sites for hydroxylation is 1. The molecule has 6 N–H and O–H groups in total. The quantitative estimate of drug-likeness (QED) is 0.00912. The van der Waals surface area contributed by atoms with Crippen molar-refractivity contribution in [2.75, 3.05) is 56.6 Å². The Morgan fingerprint density at radius 2 is 1.16 bits per heavy atom. The number of nitrogens with one attached hydrogen (secondary N) is 4. The molecule has 2 fully saturated rings. The van der Waals surface area contributed by atoms with E-state index in [2.05, 4.69) is 97.2 Å². The number of likely N-dealkylation sites (tertiary alicyclic amines) is 2. The molecule has 0 saturated carbocycles. The summed E-state index contributed by atoms with van der Waals surface area (Å²) in [6, 6.07) is 76.3. The second kappa shape index (κ2) is 51.3. The number of anilines is 2. The molecule has 25 nitrogen and oxygen atoms in total. The maximum Gasteiger partial charge on any atom is 0.343 e. The van der Waals surface area contributed by atoms with E-state index < -0.39 is 36.2 Å². The summed E-state index contributed by atoms with van der Waals surface area (Å²) in [5, 5.41) is 42.1. The first kappa shape index (κ1) is 100. The molecule has 0 radical (unpaired) electrons. The Bertz CT molecular complexity index is 5800. The molecule has 0 spiro atoms. The van der Waals surface area contributed by atoms with Crippen LogP contribution < -0.4 is 26.8 Å². The molecule has 5 heterocycles. The number of rotatable bonds is 37. The van der Waals surface area contributed by atoms with E-state index in [0.29, 0.717) is 60.6 Å². The molecule has 9 aromatic carbocycles. The number of ketones is 2. The summed E-state index contributed by atoms with van der Waals surface area (Å²) in [5.41, 5.74) is 10.3. The number of amides is 5. The largest absolute Gasteiger partial charge is 0.462 e. The van der Waals surface area contributed by atoms with Crippen LogP contribution in [0.3, 0.4) is 0 Å². The minimum atomic E-state index is -0.867. The standard InChI is InChI=1S/C38H42N4O2.C29H36FNO2.C22H24N4O4.C18H24N4O4/c1-29-36(38(44)42(39(29)2)33-19-7-4-8-20-33)28-41(25-12-11-16-30-14-5-3-6-15-30)32-23-26-40(27-24-32)37(43)35-22-13-18-31-17-9-10-21-34(31)35;1-3-16-31-17-15-25(18-23-11-13-27(30)14-12-23)20-28(31)9-4-5-10-29(33)21-24-7-6-8-26(19-24)22(2)32;1-2-30-21(28)18-14-24-26(15-19(27)17-11-7-4-8-12-17)20(18)25-22(29)23-13-16-9-5-3-6-10-16;1-4-26-17(24)14-10-19-22(16(14)21-18(25)20-12(2)3)11-15(23)13-8-6-5-7-9-13/h3-10,13-15,17-22,32H,11-12,16,23-28H2,1-2H3;3,6-8,11-14,19,25,28H,1,4-5,9-10,15-18,20-21H2,2H3;3-12,14,19,27H,2,13,15H2,1H3,(H2,23,25,29);5-10,12,15,23H,4,11H2,1-3H3,(H2,20,21,25)/t;25-,28-;;/m.0../s1. The van der Waals surface area contributed by atoms with Crippen LogP contribution >= 0.6 is 0 Å². The van der Waals surface area contributed by atoms with Crippen molar-refractivity contribution in [3.63, 3.8) is 0 Å². The number of Topliss-reactive ketones (excluding diaryl/α,β-unsaturated/α-hetero) is 2. The molecule has 2 aliphatic rings. The summed E-state index contributed by atoms with van der Waals surface area (Å²) in [7, 11) is 1.97. The summed E-state index contributed by atoms with van der Waals surface area (Å²) in [4.78, 5) is 107. The minimum absolute atomic E-state index is 0.0265. The van der Waals surface area contributed by atoms with Crippen molar-refractivity contribution in [3.8, 4) is 5.69 Å². The van der Waals surface area contributed by atoms with Gasteiger partial charge in [-0.1, -0.05) is 219 Å². The lowest BCUT2D eigenvalue weighted by Crippen LogP contribution is -2.47. The molecule has 698 valence electrons. The van der Waals surface area contributed by atoms with Gasteiger partial charge in [-0.05, 0) is 205 Å². The number of halogens is 1. The van der Waals surface area contributed by atoms with E-state index in [9.17, 15) is 53.0 Å². The molecule has 2 unspecified atom stereocenters. The van der Waals surface area contributed by atoms with Crippen LogP contribution in [0.15, 0.2) is 272 Å². The number of piperidine rings is 2. The van der Waals surface area contributed by atoms with Gasteiger partial charge in [0.1, 0.15) is 34.4 Å². The first-order chi connectivity index (χ1) is 64.4. The van der Waals surface area contributed by atoms with Gasteiger partial charge in [0.05, 0.1) is 62.2 Å². The van der Waals surface area contributed by atoms with E-state index in [1.807, 2.05) is 194 Å². The SMILES string of the molecule is C=CCN1CC[C@@H](Cc2ccc(F)cc2)C[C@@H]1CCCCC(=O)Cc1cccc(C(C)=O)c1.CCOC(=O)c1cnn(CC(O)c2ccccc2)c1NC(=O)NC(C)C.CCOC(=O)c1cnn(CC(O)c2ccccc2)c1NC(=O)NCc1ccccc1.Cc1c(CN(CCCCc2ccccc2)C2CCN(C(=O)c3cccc4ccccc34)CC2)c(=O)n(-c2ccccc2)n1C. The van der Waals surface area contributed by atoms with E-state index in [1.54, 1.807) is 67.9 Å². The Labute approximate surface area is 779 Å². The summed E-state index contributed by atoms with van der Waals surface area (Å²) in [6.07, 6.45) is 15.2. The minimum Gasteiger partial charge on any atom is -0.462 e. The van der Waals surface area contributed by atoms with Gasteiger partial charge in [0.15, 0.2) is 5.78 Å².